The fourth-order valence-electron chi connectivity index (χ4n) is 2.26. The number of rotatable bonds is 2. The first-order valence-corrected chi connectivity index (χ1v) is 5.38. The minimum absolute atomic E-state index is 0.0792. The minimum atomic E-state index is -0.413. The van der Waals surface area contributed by atoms with Crippen LogP contribution in [0.25, 0.3) is 0 Å². The smallest absolute Gasteiger partial charge is 0.248 e. The van der Waals surface area contributed by atoms with Gasteiger partial charge in [0.25, 0.3) is 0 Å². The number of carbonyl (C=O) groups excluding carboxylic acids is 1. The molecule has 2 rings (SSSR count). The molecular formula is C12H15FN2O. The van der Waals surface area contributed by atoms with E-state index in [2.05, 4.69) is 5.32 Å². The van der Waals surface area contributed by atoms with Crippen LogP contribution in [-0.2, 0) is 4.79 Å². The fraction of sp³-hybridized carbons (Fsp3) is 0.417. The second-order valence-corrected chi connectivity index (χ2v) is 3.99. The maximum Gasteiger partial charge on any atom is 0.248 e. The van der Waals surface area contributed by atoms with E-state index in [9.17, 15) is 9.18 Å². The van der Waals surface area contributed by atoms with E-state index < -0.39 is 6.04 Å². The Hall–Kier alpha value is -1.42. The Morgan fingerprint density at radius 2 is 2.19 bits per heavy atom. The van der Waals surface area contributed by atoms with Gasteiger partial charge in [0.15, 0.2) is 0 Å². The van der Waals surface area contributed by atoms with Crippen LogP contribution in [0.3, 0.4) is 0 Å². The lowest BCUT2D eigenvalue weighted by molar-refractivity contribution is -0.119. The second-order valence-electron chi connectivity index (χ2n) is 3.99. The van der Waals surface area contributed by atoms with Gasteiger partial charge in [0.05, 0.1) is 5.69 Å². The average molecular weight is 222 g/mol. The number of fused-ring (bicyclic) bond motifs is 1. The number of likely N-dealkylation sites (N-methyl/N-ethyl adjacent to an activating group) is 2. The summed E-state index contributed by atoms with van der Waals surface area (Å²) in [5, 5.41) is 2.93. The molecule has 1 aliphatic heterocycles. The van der Waals surface area contributed by atoms with Crippen molar-refractivity contribution in [3.63, 3.8) is 0 Å². The molecule has 0 fully saturated rings. The second kappa shape index (κ2) is 3.87. The highest BCUT2D eigenvalue weighted by Crippen LogP contribution is 2.38. The molecule has 16 heavy (non-hydrogen) atoms. The average Bonchev–Trinajstić information content (AvgIpc) is 2.49. The van der Waals surface area contributed by atoms with Crippen LogP contribution in [0.5, 0.6) is 0 Å². The van der Waals surface area contributed by atoms with Crippen molar-refractivity contribution in [2.45, 2.75) is 19.9 Å². The summed E-state index contributed by atoms with van der Waals surface area (Å²) in [6.07, 6.45) is 0. The molecule has 0 aromatic heterocycles. The van der Waals surface area contributed by atoms with Gasteiger partial charge in [0, 0.05) is 12.1 Å². The Morgan fingerprint density at radius 3 is 2.75 bits per heavy atom. The normalized spacial score (nSPS) is 19.1. The minimum Gasteiger partial charge on any atom is -0.308 e. The number of halogens is 1. The van der Waals surface area contributed by atoms with E-state index in [1.165, 1.54) is 11.0 Å². The molecule has 1 atom stereocenters. The molecular weight excluding hydrogens is 207 g/mol. The van der Waals surface area contributed by atoms with E-state index in [4.69, 9.17) is 0 Å². The van der Waals surface area contributed by atoms with E-state index in [1.54, 1.807) is 7.05 Å². The third kappa shape index (κ3) is 1.41. The first-order valence-electron chi connectivity index (χ1n) is 5.38. The molecule has 3 nitrogen and oxygen atoms in total. The van der Waals surface area contributed by atoms with E-state index in [0.29, 0.717) is 12.2 Å². The first kappa shape index (κ1) is 11.1. The highest BCUT2D eigenvalue weighted by molar-refractivity contribution is 6.04. The zero-order valence-electron chi connectivity index (χ0n) is 9.67. The molecule has 0 spiro atoms. The number of amides is 1. The molecule has 1 unspecified atom stereocenters. The third-order valence-electron chi connectivity index (χ3n) is 2.94. The summed E-state index contributed by atoms with van der Waals surface area (Å²) in [6, 6.07) is 2.92. The number of anilines is 1. The Morgan fingerprint density at radius 1 is 1.50 bits per heavy atom. The molecule has 4 heteroatoms. The predicted octanol–water partition coefficient (Wildman–Crippen LogP) is 1.76. The van der Waals surface area contributed by atoms with Gasteiger partial charge >= 0.3 is 0 Å². The van der Waals surface area contributed by atoms with Crippen molar-refractivity contribution < 1.29 is 9.18 Å². The van der Waals surface area contributed by atoms with E-state index in [0.717, 1.165) is 11.1 Å². The van der Waals surface area contributed by atoms with Crippen molar-refractivity contribution in [1.82, 2.24) is 5.32 Å². The number of nitrogens with one attached hydrogen (secondary N) is 1. The van der Waals surface area contributed by atoms with Crippen molar-refractivity contribution in [3.8, 4) is 0 Å². The van der Waals surface area contributed by atoms with Crippen LogP contribution in [-0.4, -0.2) is 19.5 Å². The lowest BCUT2D eigenvalue weighted by atomic mass is 10.1. The quantitative estimate of drug-likeness (QED) is 0.827. The Bertz CT molecular complexity index is 445. The molecule has 86 valence electrons. The van der Waals surface area contributed by atoms with E-state index >= 15 is 0 Å². The highest BCUT2D eigenvalue weighted by Gasteiger charge is 2.37. The van der Waals surface area contributed by atoms with Crippen LogP contribution in [0, 0.1) is 12.7 Å². The van der Waals surface area contributed by atoms with E-state index in [-0.39, 0.29) is 11.7 Å². The standard InChI is InChI=1S/C12H15FN2O/c1-4-15-11-8(10(14-3)12(15)16)5-7(2)6-9(11)13/h5-6,10,14H,4H2,1-3H3. The molecule has 1 aliphatic rings. The van der Waals surface area contributed by atoms with Crippen LogP contribution >= 0.6 is 0 Å². The summed E-state index contributed by atoms with van der Waals surface area (Å²) < 4.78 is 13.9. The summed E-state index contributed by atoms with van der Waals surface area (Å²) in [5.74, 6) is -0.396. The fourth-order valence-corrected chi connectivity index (χ4v) is 2.26. The molecule has 0 bridgehead atoms. The summed E-state index contributed by atoms with van der Waals surface area (Å²) >= 11 is 0. The number of aryl methyl sites for hydroxylation is 1. The monoisotopic (exact) mass is 222 g/mol. The first-order chi connectivity index (χ1) is 7.60. The van der Waals surface area contributed by atoms with Crippen molar-refractivity contribution in [2.75, 3.05) is 18.5 Å². The molecule has 1 amide bonds. The lowest BCUT2D eigenvalue weighted by Crippen LogP contribution is -2.33. The summed E-state index contributed by atoms with van der Waals surface area (Å²) in [7, 11) is 1.71. The highest BCUT2D eigenvalue weighted by atomic mass is 19.1. The van der Waals surface area contributed by atoms with Crippen molar-refractivity contribution in [2.24, 2.45) is 0 Å². The van der Waals surface area contributed by atoms with Crippen LogP contribution in [0.2, 0.25) is 0 Å². The zero-order chi connectivity index (χ0) is 11.9. The van der Waals surface area contributed by atoms with Crippen LogP contribution < -0.4 is 10.2 Å². The summed E-state index contributed by atoms with van der Waals surface area (Å²) in [4.78, 5) is 13.5. The van der Waals surface area contributed by atoms with Crippen LogP contribution in [0.15, 0.2) is 12.1 Å². The van der Waals surface area contributed by atoms with Gasteiger partial charge in [-0.2, -0.15) is 0 Å². The zero-order valence-corrected chi connectivity index (χ0v) is 9.67. The van der Waals surface area contributed by atoms with Gasteiger partial charge in [0.1, 0.15) is 11.9 Å². The Balaban J connectivity index is 2.63. The number of carbonyl (C=O) groups is 1. The van der Waals surface area contributed by atoms with Crippen molar-refractivity contribution >= 4 is 11.6 Å². The molecule has 0 radical (unpaired) electrons. The van der Waals surface area contributed by atoms with Gasteiger partial charge in [-0.25, -0.2) is 4.39 Å². The summed E-state index contributed by atoms with van der Waals surface area (Å²) in [6.45, 7) is 4.16. The van der Waals surface area contributed by atoms with Crippen LogP contribution in [0.4, 0.5) is 10.1 Å². The molecule has 0 saturated heterocycles. The molecule has 1 heterocycles. The number of hydrogen-bond acceptors (Lipinski definition) is 2. The maximum atomic E-state index is 13.9. The van der Waals surface area contributed by atoms with Gasteiger partial charge in [-0.05, 0) is 32.5 Å². The Kier molecular flexibility index (Phi) is 2.68. The van der Waals surface area contributed by atoms with Gasteiger partial charge < -0.3 is 10.2 Å². The summed E-state index contributed by atoms with van der Waals surface area (Å²) in [5.41, 5.74) is 2.01. The van der Waals surface area contributed by atoms with Crippen LogP contribution in [0.1, 0.15) is 24.1 Å². The van der Waals surface area contributed by atoms with Gasteiger partial charge in [0.2, 0.25) is 5.91 Å². The molecule has 1 N–H and O–H groups in total. The largest absolute Gasteiger partial charge is 0.308 e. The molecule has 0 aliphatic carbocycles. The maximum absolute atomic E-state index is 13.9. The van der Waals surface area contributed by atoms with Gasteiger partial charge in [-0.3, -0.25) is 4.79 Å². The topological polar surface area (TPSA) is 32.3 Å². The Labute approximate surface area is 94.3 Å². The van der Waals surface area contributed by atoms with Gasteiger partial charge in [-0.15, -0.1) is 0 Å². The number of hydrogen-bond donors (Lipinski definition) is 1. The molecule has 1 aromatic carbocycles. The van der Waals surface area contributed by atoms with E-state index in [1.807, 2.05) is 19.9 Å². The lowest BCUT2D eigenvalue weighted by Gasteiger charge is -2.15. The molecule has 1 aromatic rings. The van der Waals surface area contributed by atoms with Crippen molar-refractivity contribution in [1.29, 1.82) is 0 Å². The van der Waals surface area contributed by atoms with Gasteiger partial charge in [-0.1, -0.05) is 6.07 Å². The van der Waals surface area contributed by atoms with Crippen molar-refractivity contribution in [3.05, 3.63) is 29.1 Å². The SMILES string of the molecule is CCN1C(=O)C(NC)c2cc(C)cc(F)c21. The predicted molar refractivity (Wildman–Crippen MR) is 61.0 cm³/mol. The third-order valence-corrected chi connectivity index (χ3v) is 2.94. The number of nitrogens with zero attached hydrogens (tertiary/aromatic N) is 1. The number of benzene rings is 1. The molecule has 0 saturated carbocycles.